The number of aromatic nitrogens is 2. The van der Waals surface area contributed by atoms with Gasteiger partial charge in [0.25, 0.3) is 0 Å². The second kappa shape index (κ2) is 6.81. The summed E-state index contributed by atoms with van der Waals surface area (Å²) < 4.78 is 41.6. The number of likely N-dealkylation sites (N-methyl/N-ethyl adjacent to an activating group) is 1. The first-order chi connectivity index (χ1) is 9.91. The summed E-state index contributed by atoms with van der Waals surface area (Å²) in [5.41, 5.74) is 0.995. The average Bonchev–Trinajstić information content (AvgIpc) is 2.83. The summed E-state index contributed by atoms with van der Waals surface area (Å²) in [5.74, 6) is -1.51. The molecule has 21 heavy (non-hydrogen) atoms. The maximum atomic E-state index is 13.3. The summed E-state index contributed by atoms with van der Waals surface area (Å²) in [6, 6.07) is -0.133. The first-order valence-electron chi connectivity index (χ1n) is 7.69. The molecule has 1 aromatic heterocycles. The van der Waals surface area contributed by atoms with Crippen molar-refractivity contribution in [3.05, 3.63) is 18.0 Å². The Bertz CT molecular complexity index is 442. The fourth-order valence-electron chi connectivity index (χ4n) is 3.52. The minimum atomic E-state index is -4.09. The first-order valence-corrected chi connectivity index (χ1v) is 7.69. The molecule has 1 aliphatic rings. The minimum absolute atomic E-state index is 0.133. The van der Waals surface area contributed by atoms with Gasteiger partial charge in [0.2, 0.25) is 0 Å². The van der Waals surface area contributed by atoms with Crippen LogP contribution in [0.4, 0.5) is 13.2 Å². The lowest BCUT2D eigenvalue weighted by Gasteiger charge is -2.38. The van der Waals surface area contributed by atoms with Gasteiger partial charge in [-0.25, -0.2) is 0 Å². The Morgan fingerprint density at radius 1 is 1.38 bits per heavy atom. The molecule has 0 saturated heterocycles. The number of hydrogen-bond donors (Lipinski definition) is 1. The Labute approximate surface area is 123 Å². The molecule has 2 rings (SSSR count). The van der Waals surface area contributed by atoms with Gasteiger partial charge in [0, 0.05) is 19.3 Å². The predicted molar refractivity (Wildman–Crippen MR) is 75.9 cm³/mol. The second-order valence-corrected chi connectivity index (χ2v) is 5.99. The van der Waals surface area contributed by atoms with Gasteiger partial charge in [-0.15, -0.1) is 0 Å². The van der Waals surface area contributed by atoms with E-state index in [-0.39, 0.29) is 18.4 Å². The van der Waals surface area contributed by atoms with Crippen LogP contribution in [-0.2, 0) is 13.5 Å². The molecule has 1 saturated carbocycles. The molecule has 1 heterocycles. The van der Waals surface area contributed by atoms with Crippen LogP contribution in [0.5, 0.6) is 0 Å². The van der Waals surface area contributed by atoms with Gasteiger partial charge < -0.3 is 5.32 Å². The van der Waals surface area contributed by atoms with Gasteiger partial charge in [0.1, 0.15) is 0 Å². The molecule has 0 radical (unpaired) electrons. The Morgan fingerprint density at radius 2 is 2.10 bits per heavy atom. The summed E-state index contributed by atoms with van der Waals surface area (Å²) in [5, 5.41) is 7.38. The van der Waals surface area contributed by atoms with E-state index in [1.165, 1.54) is 0 Å². The van der Waals surface area contributed by atoms with Gasteiger partial charge in [-0.1, -0.05) is 19.8 Å². The normalized spacial score (nSPS) is 25.0. The number of alkyl halides is 3. The zero-order valence-electron chi connectivity index (χ0n) is 12.7. The second-order valence-electron chi connectivity index (χ2n) is 5.99. The number of hydrogen-bond acceptors (Lipinski definition) is 2. The van der Waals surface area contributed by atoms with E-state index in [0.29, 0.717) is 25.8 Å². The fraction of sp³-hybridized carbons (Fsp3) is 0.800. The SMILES string of the molecule is CCNC(Cc1cnn(C)c1)C1CCCCC1C(F)(F)F. The Balaban J connectivity index is 2.14. The van der Waals surface area contributed by atoms with Crippen molar-refractivity contribution in [2.24, 2.45) is 18.9 Å². The summed E-state index contributed by atoms with van der Waals surface area (Å²) in [6.07, 6.45) is 2.65. The molecule has 0 amide bonds. The van der Waals surface area contributed by atoms with Gasteiger partial charge in [-0.3, -0.25) is 4.68 Å². The number of nitrogens with one attached hydrogen (secondary N) is 1. The van der Waals surface area contributed by atoms with Gasteiger partial charge in [-0.2, -0.15) is 18.3 Å². The van der Waals surface area contributed by atoms with E-state index in [4.69, 9.17) is 0 Å². The quantitative estimate of drug-likeness (QED) is 0.904. The molecule has 6 heteroatoms. The van der Waals surface area contributed by atoms with Crippen molar-refractivity contribution >= 4 is 0 Å². The topological polar surface area (TPSA) is 29.9 Å². The predicted octanol–water partition coefficient (Wildman–Crippen LogP) is 3.31. The minimum Gasteiger partial charge on any atom is -0.314 e. The van der Waals surface area contributed by atoms with E-state index in [1.54, 1.807) is 10.9 Å². The van der Waals surface area contributed by atoms with Crippen molar-refractivity contribution < 1.29 is 13.2 Å². The number of rotatable bonds is 5. The summed E-state index contributed by atoms with van der Waals surface area (Å²) in [7, 11) is 1.82. The van der Waals surface area contributed by atoms with Crippen LogP contribution in [0.3, 0.4) is 0 Å². The molecule has 1 fully saturated rings. The van der Waals surface area contributed by atoms with Crippen LogP contribution in [0.2, 0.25) is 0 Å². The fourth-order valence-corrected chi connectivity index (χ4v) is 3.52. The van der Waals surface area contributed by atoms with Crippen LogP contribution >= 0.6 is 0 Å². The van der Waals surface area contributed by atoms with E-state index in [0.717, 1.165) is 12.0 Å². The van der Waals surface area contributed by atoms with E-state index < -0.39 is 12.1 Å². The van der Waals surface area contributed by atoms with Crippen LogP contribution in [0.1, 0.15) is 38.2 Å². The molecule has 0 aliphatic heterocycles. The van der Waals surface area contributed by atoms with Crippen molar-refractivity contribution in [1.82, 2.24) is 15.1 Å². The maximum absolute atomic E-state index is 13.3. The van der Waals surface area contributed by atoms with Gasteiger partial charge in [0.05, 0.1) is 12.1 Å². The molecule has 3 nitrogen and oxygen atoms in total. The molecule has 0 spiro atoms. The van der Waals surface area contributed by atoms with Crippen LogP contribution in [0.15, 0.2) is 12.4 Å². The smallest absolute Gasteiger partial charge is 0.314 e. The number of aryl methyl sites for hydroxylation is 1. The highest BCUT2D eigenvalue weighted by atomic mass is 19.4. The first kappa shape index (κ1) is 16.3. The van der Waals surface area contributed by atoms with E-state index in [2.05, 4.69) is 10.4 Å². The summed E-state index contributed by atoms with van der Waals surface area (Å²) >= 11 is 0. The number of halogens is 3. The number of nitrogens with zero attached hydrogens (tertiary/aromatic N) is 2. The van der Waals surface area contributed by atoms with Crippen molar-refractivity contribution in [2.45, 2.75) is 51.2 Å². The Hall–Kier alpha value is -1.04. The van der Waals surface area contributed by atoms with Crippen molar-refractivity contribution in [2.75, 3.05) is 6.54 Å². The molecule has 1 N–H and O–H groups in total. The molecule has 1 aliphatic carbocycles. The standard InChI is InChI=1S/C15H24F3N3/c1-3-19-14(8-11-9-20-21(2)10-11)12-6-4-5-7-13(12)15(16,17)18/h9-10,12-14,19H,3-8H2,1-2H3. The lowest BCUT2D eigenvalue weighted by atomic mass is 9.73. The van der Waals surface area contributed by atoms with Crippen molar-refractivity contribution in [3.8, 4) is 0 Å². The highest BCUT2D eigenvalue weighted by Gasteiger charge is 2.47. The summed E-state index contributed by atoms with van der Waals surface area (Å²) in [6.45, 7) is 2.63. The Kier molecular flexibility index (Phi) is 5.30. The zero-order chi connectivity index (χ0) is 15.5. The molecule has 3 unspecified atom stereocenters. The molecule has 3 atom stereocenters. The molecular weight excluding hydrogens is 279 g/mol. The molecule has 0 aromatic carbocycles. The largest absolute Gasteiger partial charge is 0.392 e. The monoisotopic (exact) mass is 303 g/mol. The van der Waals surface area contributed by atoms with E-state index >= 15 is 0 Å². The third kappa shape index (κ3) is 4.22. The zero-order valence-corrected chi connectivity index (χ0v) is 12.7. The van der Waals surface area contributed by atoms with Crippen LogP contribution in [0, 0.1) is 11.8 Å². The van der Waals surface area contributed by atoms with Gasteiger partial charge in [0.15, 0.2) is 0 Å². The maximum Gasteiger partial charge on any atom is 0.392 e. The van der Waals surface area contributed by atoms with Gasteiger partial charge in [-0.05, 0) is 37.3 Å². The molecular formula is C15H24F3N3. The van der Waals surface area contributed by atoms with Crippen LogP contribution in [0.25, 0.3) is 0 Å². The Morgan fingerprint density at radius 3 is 2.67 bits per heavy atom. The lowest BCUT2D eigenvalue weighted by Crippen LogP contribution is -2.46. The average molecular weight is 303 g/mol. The highest BCUT2D eigenvalue weighted by molar-refractivity contribution is 5.07. The third-order valence-electron chi connectivity index (χ3n) is 4.44. The van der Waals surface area contributed by atoms with E-state index in [9.17, 15) is 13.2 Å². The third-order valence-corrected chi connectivity index (χ3v) is 4.44. The lowest BCUT2D eigenvalue weighted by molar-refractivity contribution is -0.199. The van der Waals surface area contributed by atoms with Gasteiger partial charge >= 0.3 is 6.18 Å². The van der Waals surface area contributed by atoms with Crippen molar-refractivity contribution in [1.29, 1.82) is 0 Å². The van der Waals surface area contributed by atoms with Crippen LogP contribution in [-0.4, -0.2) is 28.5 Å². The van der Waals surface area contributed by atoms with Crippen molar-refractivity contribution in [3.63, 3.8) is 0 Å². The summed E-state index contributed by atoms with van der Waals surface area (Å²) in [4.78, 5) is 0. The molecule has 120 valence electrons. The molecule has 0 bridgehead atoms. The molecule has 1 aromatic rings. The van der Waals surface area contributed by atoms with Crippen LogP contribution < -0.4 is 5.32 Å². The van der Waals surface area contributed by atoms with E-state index in [1.807, 2.05) is 20.2 Å². The highest BCUT2D eigenvalue weighted by Crippen LogP contribution is 2.43.